The van der Waals surface area contributed by atoms with Gasteiger partial charge in [-0.25, -0.2) is 44.7 Å². The summed E-state index contributed by atoms with van der Waals surface area (Å²) >= 11 is 0. The Kier molecular flexibility index (Phi) is 39.6. The smallest absolute Gasteiger partial charge is 0.331 e. The lowest BCUT2D eigenvalue weighted by atomic mass is 9.84. The van der Waals surface area contributed by atoms with Crippen LogP contribution < -0.4 is 0 Å². The van der Waals surface area contributed by atoms with Gasteiger partial charge >= 0.3 is 5.97 Å². The van der Waals surface area contributed by atoms with Gasteiger partial charge in [-0.05, 0) is 145 Å². The van der Waals surface area contributed by atoms with Crippen LogP contribution in [0.2, 0.25) is 0 Å². The number of carbonyl (C=O) groups is 1. The van der Waals surface area contributed by atoms with Crippen molar-refractivity contribution in [3.8, 4) is 0 Å². The standard InChI is InChI=1S/C10H15N.C9H16N2.3C9H14N2.3C9H15N.2C8H14N2.C8H12O2/c1-8-7-9(5-6-11-8)10(2,3)4;1-7-10-6-8(11(7)5)9(2,3)4;1-7-5-8(9(2,3)4)11-6-10-7;1-7-10-6-5-8(11-7)9(2,3)4;1-7-5-6-10-8(11-7)9(2,3)4;2*1-7-8(5-6-10-7)9(2,3)4;1-7-5-6-8(10-7)9(2,3)4;1-6-9-5-7(10-6)8(2,3)4;1-6-5-7(10-9-6)8(2,3)4;1-8(2,3)6-4-5-7(9)10-6/h5-7H,1-4H3;6H,1-5H3;3*5-6H,1-4H3;2*5H,6H2,1-4H3;6H,5H2,1-4H3;2*5H,1-4H3,(H,9,10);4-6H,1-3H3. The van der Waals surface area contributed by atoms with Crippen molar-refractivity contribution in [3.63, 3.8) is 0 Å². The second kappa shape index (κ2) is 43.6. The van der Waals surface area contributed by atoms with Crippen molar-refractivity contribution < 1.29 is 9.53 Å². The Labute approximate surface area is 699 Å². The Morgan fingerprint density at radius 2 is 0.965 bits per heavy atom. The lowest BCUT2D eigenvalue weighted by molar-refractivity contribution is -0.142. The number of esters is 1. The van der Waals surface area contributed by atoms with E-state index in [9.17, 15) is 4.79 Å². The zero-order valence-electron chi connectivity index (χ0n) is 80.6. The Morgan fingerprint density at radius 3 is 1.21 bits per heavy atom. The minimum atomic E-state index is -0.222. The number of ether oxygens (including phenoxy) is 1. The monoisotopic (exact) mass is 1580 g/mol. The van der Waals surface area contributed by atoms with E-state index >= 15 is 0 Å². The zero-order chi connectivity index (χ0) is 89.2. The first kappa shape index (κ1) is 104. The van der Waals surface area contributed by atoms with Gasteiger partial charge in [0.1, 0.15) is 35.7 Å². The first-order valence-electron chi connectivity index (χ1n) is 40.9. The molecule has 638 valence electrons. The molecule has 11 heterocycles. The van der Waals surface area contributed by atoms with E-state index in [4.69, 9.17) is 4.74 Å². The number of aromatic nitrogens is 13. The molecule has 4 aliphatic rings. The predicted molar refractivity (Wildman–Crippen MR) is 490 cm³/mol. The van der Waals surface area contributed by atoms with Crippen molar-refractivity contribution >= 4 is 23.1 Å². The summed E-state index contributed by atoms with van der Waals surface area (Å²) in [6.45, 7) is 93.4. The van der Waals surface area contributed by atoms with Gasteiger partial charge in [-0.2, -0.15) is 5.10 Å². The summed E-state index contributed by atoms with van der Waals surface area (Å²) in [7, 11) is 2.06. The number of hydrogen-bond donors (Lipinski definition) is 2. The number of imidazole rings is 2. The molecule has 1 atom stereocenters. The molecule has 0 amide bonds. The van der Waals surface area contributed by atoms with Gasteiger partial charge in [0.15, 0.2) is 0 Å². The average molecular weight is 1580 g/mol. The molecule has 11 rings (SSSR count). The van der Waals surface area contributed by atoms with Crippen LogP contribution >= 0.6 is 0 Å². The molecule has 0 aromatic carbocycles. The van der Waals surface area contributed by atoms with E-state index in [2.05, 4.69) is 352 Å². The summed E-state index contributed by atoms with van der Waals surface area (Å²) in [5.74, 6) is 3.61. The Morgan fingerprint density at radius 1 is 0.452 bits per heavy atom. The molecule has 0 saturated heterocycles. The number of aliphatic imine (C=N–C) groups is 3. The summed E-state index contributed by atoms with van der Waals surface area (Å²) in [5.41, 5.74) is 21.2. The number of aromatic amines is 2. The van der Waals surface area contributed by atoms with Gasteiger partial charge in [0.25, 0.3) is 0 Å². The number of H-pyrrole nitrogens is 2. The number of carbonyl (C=O) groups excluding carboxylic acids is 1. The van der Waals surface area contributed by atoms with Gasteiger partial charge in [0.2, 0.25) is 0 Å². The van der Waals surface area contributed by atoms with E-state index in [1.54, 1.807) is 6.33 Å². The lowest BCUT2D eigenvalue weighted by Gasteiger charge is -2.23. The second-order valence-corrected chi connectivity index (χ2v) is 41.6. The normalized spacial score (nSPS) is 14.8. The molecule has 7 aromatic heterocycles. The summed E-state index contributed by atoms with van der Waals surface area (Å²) in [6, 6.07) is 12.2. The van der Waals surface area contributed by atoms with E-state index in [1.165, 1.54) is 57.0 Å². The maximum absolute atomic E-state index is 10.6. The second-order valence-electron chi connectivity index (χ2n) is 41.6. The van der Waals surface area contributed by atoms with Gasteiger partial charge < -0.3 is 14.3 Å². The summed E-state index contributed by atoms with van der Waals surface area (Å²) in [6.07, 6.45) is 21.9. The fourth-order valence-corrected chi connectivity index (χ4v) is 10.9. The van der Waals surface area contributed by atoms with Crippen LogP contribution in [0.3, 0.4) is 0 Å². The van der Waals surface area contributed by atoms with Crippen LogP contribution in [0.5, 0.6) is 0 Å². The van der Waals surface area contributed by atoms with Gasteiger partial charge in [0, 0.05) is 162 Å². The predicted octanol–water partition coefficient (Wildman–Crippen LogP) is 24.2. The third kappa shape index (κ3) is 40.7. The molecular formula is C97H158N16O2. The molecule has 18 heteroatoms. The number of pyridine rings is 1. The Balaban J connectivity index is 0.000000633. The maximum atomic E-state index is 10.6. The van der Waals surface area contributed by atoms with Crippen LogP contribution in [0.15, 0.2) is 136 Å². The highest BCUT2D eigenvalue weighted by atomic mass is 16.5. The fourth-order valence-electron chi connectivity index (χ4n) is 10.9. The molecule has 1 unspecified atom stereocenters. The molecule has 0 aliphatic carbocycles. The van der Waals surface area contributed by atoms with E-state index in [1.807, 2.05) is 124 Å². The van der Waals surface area contributed by atoms with E-state index in [0.29, 0.717) is 0 Å². The topological polar surface area (TPSA) is 229 Å². The highest BCUT2D eigenvalue weighted by molar-refractivity contribution is 6.01. The molecule has 0 radical (unpaired) electrons. The molecule has 0 fully saturated rings. The molecule has 2 N–H and O–H groups in total. The third-order valence-electron chi connectivity index (χ3n) is 18.1. The summed E-state index contributed by atoms with van der Waals surface area (Å²) in [4.78, 5) is 64.5. The van der Waals surface area contributed by atoms with Crippen molar-refractivity contribution in [1.29, 1.82) is 0 Å². The van der Waals surface area contributed by atoms with Gasteiger partial charge in [-0.15, -0.1) is 0 Å². The molecule has 7 aromatic rings. The fraction of sp³-hybridized carbons (Fsp3) is 0.608. The van der Waals surface area contributed by atoms with Crippen molar-refractivity contribution in [3.05, 3.63) is 201 Å². The lowest BCUT2D eigenvalue weighted by Crippen LogP contribution is -2.25. The molecule has 0 saturated carbocycles. The Bertz CT molecular complexity index is 4050. The largest absolute Gasteiger partial charge is 0.454 e. The summed E-state index contributed by atoms with van der Waals surface area (Å²) in [5, 5.41) is 7.09. The van der Waals surface area contributed by atoms with E-state index < -0.39 is 0 Å². The first-order valence-corrected chi connectivity index (χ1v) is 40.9. The van der Waals surface area contributed by atoms with Crippen molar-refractivity contribution in [1.82, 2.24) is 64.6 Å². The zero-order valence-corrected chi connectivity index (χ0v) is 80.6. The highest BCUT2D eigenvalue weighted by Gasteiger charge is 2.30. The van der Waals surface area contributed by atoms with Crippen LogP contribution in [-0.4, -0.2) is 107 Å². The van der Waals surface area contributed by atoms with Gasteiger partial charge in [-0.1, -0.05) is 247 Å². The van der Waals surface area contributed by atoms with Crippen molar-refractivity contribution in [2.75, 3.05) is 13.1 Å². The minimum Gasteiger partial charge on any atom is -0.454 e. The van der Waals surface area contributed by atoms with Gasteiger partial charge in [-0.3, -0.25) is 25.1 Å². The molecular weight excluding hydrogens is 1420 g/mol. The van der Waals surface area contributed by atoms with Crippen LogP contribution in [0.25, 0.3) is 0 Å². The number of aryl methyl sites for hydroxylation is 7. The number of allylic oxidation sites excluding steroid dienone is 4. The van der Waals surface area contributed by atoms with Crippen LogP contribution in [0.4, 0.5) is 0 Å². The molecule has 18 nitrogen and oxygen atoms in total. The molecule has 0 bridgehead atoms. The Hall–Kier alpha value is -8.54. The van der Waals surface area contributed by atoms with E-state index in [0.717, 1.165) is 82.7 Å². The van der Waals surface area contributed by atoms with Gasteiger partial charge in [0.05, 0.1) is 18.8 Å². The number of rotatable bonds is 0. The summed E-state index contributed by atoms with van der Waals surface area (Å²) < 4.78 is 7.11. The van der Waals surface area contributed by atoms with E-state index in [-0.39, 0.29) is 71.6 Å². The van der Waals surface area contributed by atoms with Crippen molar-refractivity contribution in [2.45, 2.75) is 348 Å². The minimum absolute atomic E-state index is 0.0304. The van der Waals surface area contributed by atoms with Crippen LogP contribution in [0.1, 0.15) is 336 Å². The average Bonchev–Trinajstić information content (AvgIpc) is 1.78. The molecule has 4 aliphatic heterocycles. The maximum Gasteiger partial charge on any atom is 0.331 e. The number of cyclic esters (lactones) is 1. The number of nitrogens with one attached hydrogen (secondary N) is 2. The quantitative estimate of drug-likeness (QED) is 0.135. The molecule has 115 heavy (non-hydrogen) atoms. The van der Waals surface area contributed by atoms with Crippen molar-refractivity contribution in [2.24, 2.45) is 43.7 Å². The SMILES string of the molecule is CC(C)(C)C1C=CC(=O)O1.CC1=NC(C(C)(C)C)=CC1.CC1=NCC=C1C(C)(C)C.CC1=NCC=C1C(C)(C)C.Cc1cc(C(C)(C)C)ccn1.Cc1cc(C(C)(C)C)n[nH]1.Cc1cc(C(C)(C)C)ncn1.Cc1ccnc(C(C)(C)C)n1.Cc1ncc(C(C)(C)C)[nH]1.Cc1ncc(C(C)(C)C)n1C.Cc1nccc(C(C)(C)C)n1. The van der Waals surface area contributed by atoms with Crippen LogP contribution in [0, 0.1) is 70.1 Å². The molecule has 0 spiro atoms. The number of nitrogens with zero attached hydrogens (tertiary/aromatic N) is 14. The number of hydrogen-bond acceptors (Lipinski definition) is 15. The third-order valence-corrected chi connectivity index (χ3v) is 18.1. The first-order chi connectivity index (χ1) is 52.0. The highest BCUT2D eigenvalue weighted by Crippen LogP contribution is 2.33. The van der Waals surface area contributed by atoms with Crippen LogP contribution in [-0.2, 0) is 54.5 Å².